The van der Waals surface area contributed by atoms with Crippen molar-refractivity contribution in [1.29, 1.82) is 0 Å². The average molecular weight is 559 g/mol. The van der Waals surface area contributed by atoms with E-state index in [-0.39, 0.29) is 23.0 Å². The van der Waals surface area contributed by atoms with Crippen LogP contribution in [0.15, 0.2) is 10.5 Å². The van der Waals surface area contributed by atoms with Crippen molar-refractivity contribution in [2.45, 2.75) is 36.1 Å². The van der Waals surface area contributed by atoms with E-state index in [1.165, 1.54) is 5.38 Å². The summed E-state index contributed by atoms with van der Waals surface area (Å²) in [6, 6.07) is -1.53. The van der Waals surface area contributed by atoms with Gasteiger partial charge in [-0.05, 0) is 11.2 Å². The molecule has 3 aliphatic heterocycles. The van der Waals surface area contributed by atoms with Crippen molar-refractivity contribution >= 4 is 69.0 Å². The molecule has 37 heavy (non-hydrogen) atoms. The molecule has 19 heteroatoms. The van der Waals surface area contributed by atoms with Crippen LogP contribution in [0.1, 0.15) is 18.5 Å². The molecule has 4 heterocycles. The van der Waals surface area contributed by atoms with E-state index in [1.807, 2.05) is 0 Å². The maximum Gasteiger partial charge on any atom is 0.371 e. The van der Waals surface area contributed by atoms with Gasteiger partial charge in [-0.25, -0.2) is 19.5 Å². The number of carboxylic acid groups (broad SMARTS) is 3. The number of β-lactam (4-membered cyclic amide) rings is 1. The Morgan fingerprint density at radius 3 is 2.65 bits per heavy atom. The van der Waals surface area contributed by atoms with Gasteiger partial charge in [0.1, 0.15) is 11.4 Å². The van der Waals surface area contributed by atoms with E-state index in [1.54, 1.807) is 0 Å². The molecule has 4 rings (SSSR count). The molecule has 0 aliphatic carbocycles. The Balaban J connectivity index is 1.59. The Kier molecular flexibility index (Phi) is 6.69. The third-order valence-corrected chi connectivity index (χ3v) is 8.18. The highest BCUT2D eigenvalue weighted by Crippen LogP contribution is 2.48. The number of nitrogen functional groups attached to an aromatic ring is 1. The molecule has 17 nitrogen and oxygen atoms in total. The summed E-state index contributed by atoms with van der Waals surface area (Å²) < 4.78 is 17.9. The van der Waals surface area contributed by atoms with E-state index < -0.39 is 88.2 Å². The number of amides is 2. The molecule has 0 spiro atoms. The zero-order valence-corrected chi connectivity index (χ0v) is 19.9. The monoisotopic (exact) mass is 559 g/mol. The highest BCUT2D eigenvalue weighted by Gasteiger charge is 2.76. The van der Waals surface area contributed by atoms with E-state index in [4.69, 9.17) is 25.5 Å². The second-order valence-corrected chi connectivity index (χ2v) is 10.5. The minimum atomic E-state index is -2.36. The first-order valence-electron chi connectivity index (χ1n) is 10.2. The summed E-state index contributed by atoms with van der Waals surface area (Å²) >= 11 is -1.02. The number of anilines is 1. The molecule has 0 saturated carbocycles. The molecule has 1 aromatic rings. The first-order valence-corrected chi connectivity index (χ1v) is 12.5. The highest BCUT2D eigenvalue weighted by molar-refractivity contribution is 7.92. The molecule has 0 radical (unpaired) electrons. The normalized spacial score (nSPS) is 29.3. The van der Waals surface area contributed by atoms with Crippen molar-refractivity contribution in [2.75, 3.05) is 11.5 Å². The SMILES string of the molecule is Nc1nc(/C(=N/O[C@@H](CC(=O)O)C(=O)O)C(=O)N[C@@H]2C(=O)N3[C@@H]2[S@@+]([O-])C[C@@H]2CC(=O)O[C@@]23C(=O)O)cs1. The number of fused-ring (bicyclic) bond motifs is 3. The third kappa shape index (κ3) is 4.40. The van der Waals surface area contributed by atoms with Crippen LogP contribution in [0.25, 0.3) is 0 Å². The summed E-state index contributed by atoms with van der Waals surface area (Å²) in [6.07, 6.45) is -3.33. The Morgan fingerprint density at radius 2 is 2.08 bits per heavy atom. The van der Waals surface area contributed by atoms with Crippen molar-refractivity contribution in [3.8, 4) is 0 Å². The number of nitrogens with two attached hydrogens (primary N) is 1. The lowest BCUT2D eigenvalue weighted by molar-refractivity contribution is -0.216. The number of carbonyl (C=O) groups excluding carboxylic acids is 3. The van der Waals surface area contributed by atoms with Crippen LogP contribution in [0, 0.1) is 5.92 Å². The van der Waals surface area contributed by atoms with Crippen LogP contribution in [0.3, 0.4) is 0 Å². The Labute approximate surface area is 212 Å². The summed E-state index contributed by atoms with van der Waals surface area (Å²) in [4.78, 5) is 81.3. The number of oxime groups is 1. The van der Waals surface area contributed by atoms with Crippen LogP contribution in [0.4, 0.5) is 5.13 Å². The number of carbonyl (C=O) groups is 6. The van der Waals surface area contributed by atoms with E-state index in [0.717, 1.165) is 11.3 Å². The zero-order valence-electron chi connectivity index (χ0n) is 18.3. The number of rotatable bonds is 9. The number of hydrogen-bond donors (Lipinski definition) is 5. The average Bonchev–Trinajstić information content (AvgIpc) is 3.37. The van der Waals surface area contributed by atoms with Crippen LogP contribution in [0.5, 0.6) is 0 Å². The molecule has 1 aromatic heterocycles. The summed E-state index contributed by atoms with van der Waals surface area (Å²) in [5.41, 5.74) is 2.31. The fourth-order valence-electron chi connectivity index (χ4n) is 4.15. The Morgan fingerprint density at radius 1 is 1.38 bits per heavy atom. The van der Waals surface area contributed by atoms with Crippen LogP contribution < -0.4 is 11.1 Å². The van der Waals surface area contributed by atoms with Gasteiger partial charge < -0.3 is 40.5 Å². The standard InChI is InChI=1S/C18H17N5O12S2/c19-17-20-6(3-36-17)10(22-35-7(15(29)30)2-8(24)25)12(27)21-11-13(28)23-14(11)37(33)4-5-1-9(26)34-18(5,23)16(31)32/h3,5,7,11,14H,1-2,4H2,(H2,19,20)(H,21,27)(H,24,25)(H,29,30)(H,31,32)/b22-10-/t5-,7-,11+,14+,18+,37-/m0/s1. The number of nitrogens with one attached hydrogen (secondary N) is 1. The van der Waals surface area contributed by atoms with Gasteiger partial charge in [0.15, 0.2) is 16.9 Å². The van der Waals surface area contributed by atoms with Crippen molar-refractivity contribution in [2.24, 2.45) is 11.1 Å². The van der Waals surface area contributed by atoms with Crippen molar-refractivity contribution in [3.63, 3.8) is 0 Å². The zero-order chi connectivity index (χ0) is 27.2. The Bertz CT molecular complexity index is 1240. The topological polar surface area (TPSA) is 271 Å². The van der Waals surface area contributed by atoms with Gasteiger partial charge in [-0.3, -0.25) is 19.2 Å². The number of ether oxygens (including phenoxy) is 1. The minimum absolute atomic E-state index is 0.0207. The second kappa shape index (κ2) is 9.48. The van der Waals surface area contributed by atoms with Crippen molar-refractivity contribution in [1.82, 2.24) is 15.2 Å². The summed E-state index contributed by atoms with van der Waals surface area (Å²) in [6.45, 7) is 0. The van der Waals surface area contributed by atoms with Gasteiger partial charge in [-0.15, -0.1) is 11.3 Å². The third-order valence-electron chi connectivity index (χ3n) is 5.75. The molecule has 2 amide bonds. The van der Waals surface area contributed by atoms with E-state index in [9.17, 15) is 38.4 Å². The van der Waals surface area contributed by atoms with E-state index >= 15 is 0 Å². The van der Waals surface area contributed by atoms with Crippen LogP contribution in [-0.4, -0.2) is 100 Å². The molecule has 3 aliphatic rings. The number of hydrogen-bond acceptors (Lipinski definition) is 13. The highest BCUT2D eigenvalue weighted by atomic mass is 32.2. The fraction of sp³-hybridized carbons (Fsp3) is 0.444. The van der Waals surface area contributed by atoms with Crippen LogP contribution in [0.2, 0.25) is 0 Å². The van der Waals surface area contributed by atoms with Gasteiger partial charge in [0.2, 0.25) is 11.5 Å². The number of esters is 1. The first-order chi connectivity index (χ1) is 17.4. The summed E-state index contributed by atoms with van der Waals surface area (Å²) in [5, 5.41) is 33.3. The molecule has 198 valence electrons. The van der Waals surface area contributed by atoms with E-state index in [0.29, 0.717) is 4.90 Å². The molecule has 6 N–H and O–H groups in total. The molecule has 0 unspecified atom stereocenters. The predicted octanol–water partition coefficient (Wildman–Crippen LogP) is -2.87. The molecular formula is C18H17N5O12S2. The summed E-state index contributed by atoms with van der Waals surface area (Å²) in [7, 11) is 0. The molecule has 3 fully saturated rings. The number of aliphatic carboxylic acids is 3. The first kappa shape index (κ1) is 26.1. The summed E-state index contributed by atoms with van der Waals surface area (Å²) in [5.74, 6) is -9.24. The lowest BCUT2D eigenvalue weighted by atomic mass is 9.89. The molecule has 6 atom stereocenters. The lowest BCUT2D eigenvalue weighted by Gasteiger charge is -2.55. The molecule has 0 bridgehead atoms. The second-order valence-electron chi connectivity index (χ2n) is 8.02. The largest absolute Gasteiger partial charge is 0.615 e. The molecule has 3 saturated heterocycles. The number of aromatic nitrogens is 1. The van der Waals surface area contributed by atoms with Gasteiger partial charge in [0.25, 0.3) is 17.5 Å². The van der Waals surface area contributed by atoms with Gasteiger partial charge in [-0.2, -0.15) is 0 Å². The quantitative estimate of drug-likeness (QED) is 0.0669. The smallest absolute Gasteiger partial charge is 0.371 e. The van der Waals surface area contributed by atoms with Gasteiger partial charge in [0, 0.05) is 5.38 Å². The van der Waals surface area contributed by atoms with Crippen molar-refractivity contribution < 1.29 is 58.2 Å². The molecular weight excluding hydrogens is 542 g/mol. The van der Waals surface area contributed by atoms with Gasteiger partial charge in [0.05, 0.1) is 18.8 Å². The van der Waals surface area contributed by atoms with Gasteiger partial charge in [-0.1, -0.05) is 5.16 Å². The fourth-order valence-corrected chi connectivity index (χ4v) is 6.62. The molecule has 0 aromatic carbocycles. The number of thiazole rings is 1. The van der Waals surface area contributed by atoms with Crippen LogP contribution >= 0.6 is 11.3 Å². The minimum Gasteiger partial charge on any atom is -0.615 e. The maximum absolute atomic E-state index is 13.0. The lowest BCUT2D eigenvalue weighted by Crippen LogP contribution is -2.84. The number of carboxylic acids is 3. The van der Waals surface area contributed by atoms with Gasteiger partial charge >= 0.3 is 23.9 Å². The van der Waals surface area contributed by atoms with Crippen molar-refractivity contribution in [3.05, 3.63) is 11.1 Å². The predicted molar refractivity (Wildman–Crippen MR) is 118 cm³/mol. The number of nitrogens with zero attached hydrogens (tertiary/aromatic N) is 3. The van der Waals surface area contributed by atoms with E-state index in [2.05, 4.69) is 15.5 Å². The maximum atomic E-state index is 13.0. The van der Waals surface area contributed by atoms with Crippen LogP contribution in [-0.2, 0) is 49.5 Å². The Hall–Kier alpha value is -3.97.